The number of rotatable bonds is 5. The Hall–Kier alpha value is -0.570. The molecule has 0 saturated heterocycles. The molecular weight excluding hydrogens is 180 g/mol. The van der Waals surface area contributed by atoms with Crippen LogP contribution >= 0.6 is 0 Å². The highest BCUT2D eigenvalue weighted by molar-refractivity contribution is 5.66. The molecule has 0 bridgehead atoms. The van der Waals surface area contributed by atoms with Crippen LogP contribution in [0.25, 0.3) is 0 Å². The minimum atomic E-state index is -0.214. The van der Waals surface area contributed by atoms with E-state index in [0.717, 1.165) is 19.4 Å². The molecule has 0 aliphatic rings. The second-order valence-corrected chi connectivity index (χ2v) is 4.52. The van der Waals surface area contributed by atoms with E-state index < -0.39 is 0 Å². The lowest BCUT2D eigenvalue weighted by atomic mass is 10.2. The summed E-state index contributed by atoms with van der Waals surface area (Å²) in [6.07, 6.45) is 1.78. The topological polar surface area (TPSA) is 35.5 Å². The molecule has 0 spiro atoms. The molecule has 0 aliphatic heterocycles. The number of hydrogen-bond donors (Lipinski definition) is 0. The van der Waals surface area contributed by atoms with Crippen LogP contribution < -0.4 is 0 Å². The van der Waals surface area contributed by atoms with Gasteiger partial charge in [-0.2, -0.15) is 0 Å². The second kappa shape index (κ2) is 6.02. The molecule has 1 unspecified atom stereocenters. The molecule has 3 heteroatoms. The van der Waals surface area contributed by atoms with Crippen LogP contribution in [0.4, 0.5) is 0 Å². The van der Waals surface area contributed by atoms with Crippen molar-refractivity contribution in [1.29, 1.82) is 0 Å². The van der Waals surface area contributed by atoms with Gasteiger partial charge in [-0.1, -0.05) is 0 Å². The summed E-state index contributed by atoms with van der Waals surface area (Å²) in [6, 6.07) is 0. The third-order valence-electron chi connectivity index (χ3n) is 1.66. The molecule has 0 fully saturated rings. The van der Waals surface area contributed by atoms with Crippen molar-refractivity contribution in [3.05, 3.63) is 0 Å². The zero-order valence-electron chi connectivity index (χ0n) is 9.92. The van der Waals surface area contributed by atoms with E-state index in [1.807, 2.05) is 27.7 Å². The molecule has 0 aromatic rings. The maximum absolute atomic E-state index is 10.6. The van der Waals surface area contributed by atoms with Gasteiger partial charge < -0.3 is 9.47 Å². The highest BCUT2D eigenvalue weighted by Gasteiger charge is 2.10. The van der Waals surface area contributed by atoms with Crippen LogP contribution in [0.15, 0.2) is 0 Å². The molecule has 0 aliphatic carbocycles. The Morgan fingerprint density at radius 3 is 2.36 bits per heavy atom. The second-order valence-electron chi connectivity index (χ2n) is 4.52. The average Bonchev–Trinajstić information content (AvgIpc) is 1.95. The van der Waals surface area contributed by atoms with Crippen molar-refractivity contribution < 1.29 is 14.3 Å². The molecule has 0 amide bonds. The number of carbonyl (C=O) groups is 1. The summed E-state index contributed by atoms with van der Waals surface area (Å²) in [4.78, 5) is 10.6. The van der Waals surface area contributed by atoms with Gasteiger partial charge in [0.05, 0.1) is 11.7 Å². The van der Waals surface area contributed by atoms with Crippen molar-refractivity contribution in [2.24, 2.45) is 0 Å². The van der Waals surface area contributed by atoms with E-state index in [4.69, 9.17) is 9.47 Å². The first-order valence-electron chi connectivity index (χ1n) is 5.12. The molecule has 0 aromatic heterocycles. The third kappa shape index (κ3) is 9.52. The largest absolute Gasteiger partial charge is 0.463 e. The summed E-state index contributed by atoms with van der Waals surface area (Å²) in [5.74, 6) is -0.214. The Labute approximate surface area is 86.8 Å². The molecule has 0 saturated carbocycles. The van der Waals surface area contributed by atoms with Crippen LogP contribution in [0.2, 0.25) is 0 Å². The Morgan fingerprint density at radius 1 is 1.36 bits per heavy atom. The molecule has 0 heterocycles. The Morgan fingerprint density at radius 2 is 1.93 bits per heavy atom. The summed E-state index contributed by atoms with van der Waals surface area (Å²) in [6.45, 7) is 10.1. The summed E-state index contributed by atoms with van der Waals surface area (Å²) in [5, 5.41) is 0. The van der Waals surface area contributed by atoms with E-state index in [2.05, 4.69) is 0 Å². The molecule has 1 atom stereocenters. The predicted octanol–water partition coefficient (Wildman–Crippen LogP) is 2.53. The minimum Gasteiger partial charge on any atom is -0.463 e. The van der Waals surface area contributed by atoms with Gasteiger partial charge in [0.25, 0.3) is 0 Å². The summed E-state index contributed by atoms with van der Waals surface area (Å²) < 4.78 is 10.5. The third-order valence-corrected chi connectivity index (χ3v) is 1.66. The maximum Gasteiger partial charge on any atom is 0.302 e. The summed E-state index contributed by atoms with van der Waals surface area (Å²) in [7, 11) is 0. The van der Waals surface area contributed by atoms with Crippen molar-refractivity contribution >= 4 is 5.97 Å². The fourth-order valence-electron chi connectivity index (χ4n) is 1.09. The molecule has 0 rings (SSSR count). The zero-order valence-corrected chi connectivity index (χ0v) is 9.92. The van der Waals surface area contributed by atoms with E-state index in [-0.39, 0.29) is 17.7 Å². The van der Waals surface area contributed by atoms with Crippen LogP contribution in [0.3, 0.4) is 0 Å². The monoisotopic (exact) mass is 202 g/mol. The van der Waals surface area contributed by atoms with E-state index in [1.165, 1.54) is 6.92 Å². The first-order valence-corrected chi connectivity index (χ1v) is 5.12. The molecule has 0 radical (unpaired) electrons. The fraction of sp³-hybridized carbons (Fsp3) is 0.909. The molecule has 14 heavy (non-hydrogen) atoms. The van der Waals surface area contributed by atoms with Crippen molar-refractivity contribution in [3.8, 4) is 0 Å². The summed E-state index contributed by atoms with van der Waals surface area (Å²) >= 11 is 0. The standard InChI is InChI=1S/C11H22O3/c1-9(14-10(2)12)7-6-8-13-11(3,4)5/h9H,6-8H2,1-5H3. The van der Waals surface area contributed by atoms with E-state index in [1.54, 1.807) is 0 Å². The zero-order chi connectivity index (χ0) is 11.2. The summed E-state index contributed by atoms with van der Waals surface area (Å²) in [5.41, 5.74) is -0.0787. The number of ether oxygens (including phenoxy) is 2. The van der Waals surface area contributed by atoms with Crippen molar-refractivity contribution in [2.75, 3.05) is 6.61 Å². The lowest BCUT2D eigenvalue weighted by Crippen LogP contribution is -2.20. The van der Waals surface area contributed by atoms with Crippen LogP contribution in [-0.4, -0.2) is 24.3 Å². The molecular formula is C11H22O3. The number of esters is 1. The fourth-order valence-corrected chi connectivity index (χ4v) is 1.09. The van der Waals surface area contributed by atoms with Gasteiger partial charge in [-0.05, 0) is 40.5 Å². The number of carbonyl (C=O) groups excluding carboxylic acids is 1. The Balaban J connectivity index is 3.41. The molecule has 84 valence electrons. The van der Waals surface area contributed by atoms with Gasteiger partial charge >= 0.3 is 5.97 Å². The first-order chi connectivity index (χ1) is 6.31. The predicted molar refractivity (Wildman–Crippen MR) is 56.2 cm³/mol. The molecule has 0 aromatic carbocycles. The molecule has 3 nitrogen and oxygen atoms in total. The van der Waals surface area contributed by atoms with E-state index in [9.17, 15) is 4.79 Å². The van der Waals surface area contributed by atoms with Crippen molar-refractivity contribution in [3.63, 3.8) is 0 Å². The van der Waals surface area contributed by atoms with Gasteiger partial charge in [0.2, 0.25) is 0 Å². The van der Waals surface area contributed by atoms with Gasteiger partial charge in [0.1, 0.15) is 0 Å². The van der Waals surface area contributed by atoms with Crippen LogP contribution in [0, 0.1) is 0 Å². The Bertz CT molecular complexity index is 170. The average molecular weight is 202 g/mol. The first kappa shape index (κ1) is 13.4. The van der Waals surface area contributed by atoms with Crippen molar-refractivity contribution in [2.45, 2.75) is 59.2 Å². The highest BCUT2D eigenvalue weighted by Crippen LogP contribution is 2.09. The van der Waals surface area contributed by atoms with Gasteiger partial charge in [-0.15, -0.1) is 0 Å². The maximum atomic E-state index is 10.6. The smallest absolute Gasteiger partial charge is 0.302 e. The van der Waals surface area contributed by atoms with Gasteiger partial charge in [-0.3, -0.25) is 4.79 Å². The highest BCUT2D eigenvalue weighted by atomic mass is 16.5. The van der Waals surface area contributed by atoms with Crippen LogP contribution in [-0.2, 0) is 14.3 Å². The quantitative estimate of drug-likeness (QED) is 0.507. The van der Waals surface area contributed by atoms with E-state index in [0.29, 0.717) is 0 Å². The SMILES string of the molecule is CC(=O)OC(C)CCCOC(C)(C)C. The van der Waals surface area contributed by atoms with Gasteiger partial charge in [-0.25, -0.2) is 0 Å². The van der Waals surface area contributed by atoms with Gasteiger partial charge in [0.15, 0.2) is 0 Å². The van der Waals surface area contributed by atoms with Crippen molar-refractivity contribution in [1.82, 2.24) is 0 Å². The van der Waals surface area contributed by atoms with Crippen LogP contribution in [0.1, 0.15) is 47.5 Å². The van der Waals surface area contributed by atoms with Crippen LogP contribution in [0.5, 0.6) is 0 Å². The lowest BCUT2D eigenvalue weighted by Gasteiger charge is -2.20. The number of hydrogen-bond acceptors (Lipinski definition) is 3. The lowest BCUT2D eigenvalue weighted by molar-refractivity contribution is -0.146. The van der Waals surface area contributed by atoms with Gasteiger partial charge in [0, 0.05) is 13.5 Å². The van der Waals surface area contributed by atoms with E-state index >= 15 is 0 Å². The Kier molecular flexibility index (Phi) is 5.77. The minimum absolute atomic E-state index is 0.00364. The molecule has 0 N–H and O–H groups in total. The normalized spacial score (nSPS) is 13.8.